The molecule has 1 amide bonds. The highest BCUT2D eigenvalue weighted by Gasteiger charge is 2.28. The van der Waals surface area contributed by atoms with E-state index in [2.05, 4.69) is 0 Å². The van der Waals surface area contributed by atoms with Gasteiger partial charge in [-0.05, 0) is 56.9 Å². The average molecular weight is 361 g/mol. The number of hydrogen-bond donors (Lipinski definition) is 0. The van der Waals surface area contributed by atoms with Gasteiger partial charge in [-0.3, -0.25) is 9.59 Å². The van der Waals surface area contributed by atoms with Crippen molar-refractivity contribution in [3.8, 4) is 5.75 Å². The van der Waals surface area contributed by atoms with Gasteiger partial charge in [0, 0.05) is 25.3 Å². The first kappa shape index (κ1) is 18.7. The van der Waals surface area contributed by atoms with Crippen molar-refractivity contribution in [2.75, 3.05) is 32.9 Å². The minimum absolute atomic E-state index is 0.00187. The summed E-state index contributed by atoms with van der Waals surface area (Å²) >= 11 is 0. The second-order valence-corrected chi connectivity index (χ2v) is 6.79. The second-order valence-electron chi connectivity index (χ2n) is 6.79. The smallest absolute Gasteiger partial charge is 0.309 e. The first-order chi connectivity index (χ1) is 12.7. The molecule has 2 saturated heterocycles. The van der Waals surface area contributed by atoms with Crippen LogP contribution in [-0.2, 0) is 14.3 Å². The summed E-state index contributed by atoms with van der Waals surface area (Å²) in [6, 6.07) is 7.25. The van der Waals surface area contributed by atoms with Crippen LogP contribution in [0.25, 0.3) is 0 Å². The van der Waals surface area contributed by atoms with Gasteiger partial charge in [0.1, 0.15) is 12.4 Å². The van der Waals surface area contributed by atoms with E-state index in [4.69, 9.17) is 14.2 Å². The van der Waals surface area contributed by atoms with E-state index < -0.39 is 0 Å². The average Bonchev–Trinajstić information content (AvgIpc) is 3.20. The van der Waals surface area contributed by atoms with Gasteiger partial charge in [0.15, 0.2) is 0 Å². The van der Waals surface area contributed by atoms with Crippen LogP contribution in [0.3, 0.4) is 0 Å². The number of carbonyl (C=O) groups excluding carboxylic acids is 2. The lowest BCUT2D eigenvalue weighted by Crippen LogP contribution is -2.40. The number of amides is 1. The fourth-order valence-corrected chi connectivity index (χ4v) is 3.42. The van der Waals surface area contributed by atoms with Crippen molar-refractivity contribution in [2.24, 2.45) is 5.92 Å². The van der Waals surface area contributed by atoms with Gasteiger partial charge in [-0.25, -0.2) is 0 Å². The third-order valence-corrected chi connectivity index (χ3v) is 4.96. The van der Waals surface area contributed by atoms with E-state index in [1.54, 1.807) is 17.0 Å². The van der Waals surface area contributed by atoms with E-state index in [-0.39, 0.29) is 23.9 Å². The van der Waals surface area contributed by atoms with Gasteiger partial charge >= 0.3 is 5.97 Å². The SMILES string of the molecule is CCOC(=O)C1CCN(C(=O)c2ccc(OCC3CCCO3)cc2)CC1. The molecule has 0 radical (unpaired) electrons. The van der Waals surface area contributed by atoms with E-state index in [1.165, 1.54) is 0 Å². The fourth-order valence-electron chi connectivity index (χ4n) is 3.42. The zero-order chi connectivity index (χ0) is 18.4. The van der Waals surface area contributed by atoms with E-state index in [0.29, 0.717) is 44.7 Å². The topological polar surface area (TPSA) is 65.1 Å². The van der Waals surface area contributed by atoms with Crippen LogP contribution in [-0.4, -0.2) is 55.8 Å². The Morgan fingerprint density at radius 1 is 1.15 bits per heavy atom. The highest BCUT2D eigenvalue weighted by Crippen LogP contribution is 2.22. The van der Waals surface area contributed by atoms with Crippen molar-refractivity contribution >= 4 is 11.9 Å². The molecule has 3 rings (SSSR count). The predicted molar refractivity (Wildman–Crippen MR) is 96.2 cm³/mol. The van der Waals surface area contributed by atoms with Gasteiger partial charge < -0.3 is 19.1 Å². The molecular formula is C20H27NO5. The van der Waals surface area contributed by atoms with Crippen molar-refractivity contribution in [1.29, 1.82) is 0 Å². The summed E-state index contributed by atoms with van der Waals surface area (Å²) in [5.41, 5.74) is 0.643. The monoisotopic (exact) mass is 361 g/mol. The summed E-state index contributed by atoms with van der Waals surface area (Å²) in [7, 11) is 0. The molecular weight excluding hydrogens is 334 g/mol. The fraction of sp³-hybridized carbons (Fsp3) is 0.600. The maximum absolute atomic E-state index is 12.6. The van der Waals surface area contributed by atoms with Gasteiger partial charge in [-0.1, -0.05) is 0 Å². The largest absolute Gasteiger partial charge is 0.491 e. The van der Waals surface area contributed by atoms with Crippen LogP contribution in [0.15, 0.2) is 24.3 Å². The normalized spacial score (nSPS) is 20.8. The molecule has 0 bridgehead atoms. The number of rotatable bonds is 6. The summed E-state index contributed by atoms with van der Waals surface area (Å²) in [5.74, 6) is 0.510. The first-order valence-corrected chi connectivity index (χ1v) is 9.47. The van der Waals surface area contributed by atoms with Crippen LogP contribution < -0.4 is 4.74 Å². The van der Waals surface area contributed by atoms with Gasteiger partial charge in [-0.2, -0.15) is 0 Å². The molecule has 0 N–H and O–H groups in total. The van der Waals surface area contributed by atoms with Crippen molar-refractivity contribution in [3.63, 3.8) is 0 Å². The minimum Gasteiger partial charge on any atom is -0.491 e. The zero-order valence-electron chi connectivity index (χ0n) is 15.3. The Morgan fingerprint density at radius 2 is 1.88 bits per heavy atom. The van der Waals surface area contributed by atoms with Crippen molar-refractivity contribution in [3.05, 3.63) is 29.8 Å². The number of piperidine rings is 1. The number of hydrogen-bond acceptors (Lipinski definition) is 5. The van der Waals surface area contributed by atoms with Gasteiger partial charge in [0.25, 0.3) is 5.91 Å². The molecule has 1 aromatic carbocycles. The number of likely N-dealkylation sites (tertiary alicyclic amines) is 1. The van der Waals surface area contributed by atoms with E-state index >= 15 is 0 Å². The molecule has 2 fully saturated rings. The summed E-state index contributed by atoms with van der Waals surface area (Å²) in [4.78, 5) is 26.2. The molecule has 0 saturated carbocycles. The van der Waals surface area contributed by atoms with Crippen LogP contribution in [0.2, 0.25) is 0 Å². The summed E-state index contributed by atoms with van der Waals surface area (Å²) in [5, 5.41) is 0. The van der Waals surface area contributed by atoms with E-state index in [9.17, 15) is 9.59 Å². The predicted octanol–water partition coefficient (Wildman–Crippen LogP) is 2.66. The molecule has 1 atom stereocenters. The molecule has 2 heterocycles. The standard InChI is InChI=1S/C20H27NO5/c1-2-24-20(23)16-9-11-21(12-10-16)19(22)15-5-7-17(8-6-15)26-14-18-4-3-13-25-18/h5-8,16,18H,2-4,9-14H2,1H3. The van der Waals surface area contributed by atoms with Crippen LogP contribution >= 0.6 is 0 Å². The van der Waals surface area contributed by atoms with Gasteiger partial charge in [0.2, 0.25) is 0 Å². The zero-order valence-corrected chi connectivity index (χ0v) is 15.3. The number of benzene rings is 1. The Labute approximate surface area is 154 Å². The van der Waals surface area contributed by atoms with Gasteiger partial charge in [0.05, 0.1) is 18.6 Å². The van der Waals surface area contributed by atoms with Crippen LogP contribution in [0, 0.1) is 5.92 Å². The molecule has 1 unspecified atom stereocenters. The lowest BCUT2D eigenvalue weighted by atomic mass is 9.96. The van der Waals surface area contributed by atoms with Crippen LogP contribution in [0.5, 0.6) is 5.75 Å². The Morgan fingerprint density at radius 3 is 2.50 bits per heavy atom. The molecule has 6 heteroatoms. The Kier molecular flexibility index (Phi) is 6.50. The Balaban J connectivity index is 1.48. The lowest BCUT2D eigenvalue weighted by Gasteiger charge is -2.31. The summed E-state index contributed by atoms with van der Waals surface area (Å²) in [6.45, 7) is 4.74. The lowest BCUT2D eigenvalue weighted by molar-refractivity contribution is -0.149. The molecule has 0 aromatic heterocycles. The quantitative estimate of drug-likeness (QED) is 0.729. The highest BCUT2D eigenvalue weighted by atomic mass is 16.5. The van der Waals surface area contributed by atoms with Crippen LogP contribution in [0.1, 0.15) is 43.0 Å². The third kappa shape index (κ3) is 4.75. The molecule has 2 aliphatic heterocycles. The summed E-state index contributed by atoms with van der Waals surface area (Å²) in [6.07, 6.45) is 3.63. The van der Waals surface area contributed by atoms with E-state index in [1.807, 2.05) is 19.1 Å². The minimum atomic E-state index is -0.146. The number of esters is 1. The van der Waals surface area contributed by atoms with Gasteiger partial charge in [-0.15, -0.1) is 0 Å². The maximum atomic E-state index is 12.6. The first-order valence-electron chi connectivity index (χ1n) is 9.47. The Bertz CT molecular complexity index is 601. The second kappa shape index (κ2) is 9.03. The molecule has 26 heavy (non-hydrogen) atoms. The third-order valence-electron chi connectivity index (χ3n) is 4.96. The molecule has 0 aliphatic carbocycles. The number of ether oxygens (including phenoxy) is 3. The number of carbonyl (C=O) groups is 2. The highest BCUT2D eigenvalue weighted by molar-refractivity contribution is 5.94. The number of nitrogens with zero attached hydrogens (tertiary/aromatic N) is 1. The summed E-state index contributed by atoms with van der Waals surface area (Å²) < 4.78 is 16.3. The van der Waals surface area contributed by atoms with E-state index in [0.717, 1.165) is 25.2 Å². The maximum Gasteiger partial charge on any atom is 0.309 e. The molecule has 142 valence electrons. The molecule has 2 aliphatic rings. The Hall–Kier alpha value is -2.08. The van der Waals surface area contributed by atoms with Crippen molar-refractivity contribution in [2.45, 2.75) is 38.7 Å². The van der Waals surface area contributed by atoms with Crippen molar-refractivity contribution in [1.82, 2.24) is 4.90 Å². The van der Waals surface area contributed by atoms with Crippen LogP contribution in [0.4, 0.5) is 0 Å². The van der Waals surface area contributed by atoms with Crippen molar-refractivity contribution < 1.29 is 23.8 Å². The molecule has 6 nitrogen and oxygen atoms in total. The molecule has 1 aromatic rings. The molecule has 0 spiro atoms.